The van der Waals surface area contributed by atoms with Gasteiger partial charge in [-0.25, -0.2) is 0 Å². The third-order valence-electron chi connectivity index (χ3n) is 4.23. The Bertz CT molecular complexity index is 329. The summed E-state index contributed by atoms with van der Waals surface area (Å²) in [5, 5.41) is 9.36. The molecular weight excluding hydrogens is 457 g/mol. The standard InChI is InChI=1S/C17H33INO3S2/c20-12-11-19-9-5-15(6-10-19)18-8-13-22-17(21)4-2-1-3-16(24)7-14-23/h15-16,20,23-24H,1-14H2/q-1/t16-/m1/s1. The number of carbonyl (C=O) groups excluding carboxylic acids is 1. The van der Waals surface area contributed by atoms with E-state index in [0.717, 1.165) is 59.4 Å². The summed E-state index contributed by atoms with van der Waals surface area (Å²) in [4.78, 5) is 14.0. The van der Waals surface area contributed by atoms with E-state index in [9.17, 15) is 4.79 Å². The Hall–Kier alpha value is 0.820. The first-order chi connectivity index (χ1) is 11.7. The molecule has 7 heteroatoms. The average molecular weight is 490 g/mol. The Morgan fingerprint density at radius 1 is 1.29 bits per heavy atom. The number of alkyl halides is 2. The molecule has 1 fully saturated rings. The first kappa shape index (κ1) is 22.9. The summed E-state index contributed by atoms with van der Waals surface area (Å²) in [6, 6.07) is 0. The van der Waals surface area contributed by atoms with E-state index >= 15 is 0 Å². The van der Waals surface area contributed by atoms with Crippen molar-refractivity contribution in [2.75, 3.05) is 43.0 Å². The van der Waals surface area contributed by atoms with Crippen LogP contribution in [-0.4, -0.2) is 68.2 Å². The molecule has 0 aromatic rings. The zero-order valence-corrected chi connectivity index (χ0v) is 18.5. The number of nitrogens with zero attached hydrogens (tertiary/aromatic N) is 1. The number of halogens is 1. The van der Waals surface area contributed by atoms with Gasteiger partial charge in [0.25, 0.3) is 0 Å². The van der Waals surface area contributed by atoms with Crippen LogP contribution in [0.5, 0.6) is 0 Å². The number of aliphatic hydroxyl groups is 1. The van der Waals surface area contributed by atoms with Gasteiger partial charge in [0.05, 0.1) is 0 Å². The molecule has 0 aromatic heterocycles. The van der Waals surface area contributed by atoms with Crippen LogP contribution in [0.4, 0.5) is 0 Å². The SMILES string of the molecule is O=C(CCCC[C@@H](S)CCS)OCC[I-]C1CCN(CCO)CC1. The summed E-state index contributed by atoms with van der Waals surface area (Å²) in [5.74, 6) is 0.835. The van der Waals surface area contributed by atoms with Gasteiger partial charge in [-0.3, -0.25) is 0 Å². The van der Waals surface area contributed by atoms with Gasteiger partial charge < -0.3 is 0 Å². The zero-order valence-electron chi connectivity index (χ0n) is 14.5. The van der Waals surface area contributed by atoms with Crippen molar-refractivity contribution in [1.82, 2.24) is 4.90 Å². The van der Waals surface area contributed by atoms with Gasteiger partial charge in [0.2, 0.25) is 0 Å². The number of thiol groups is 2. The normalized spacial score (nSPS) is 18.0. The first-order valence-corrected chi connectivity index (χ1v) is 12.9. The molecule has 1 rings (SSSR count). The van der Waals surface area contributed by atoms with Crippen molar-refractivity contribution in [3.63, 3.8) is 0 Å². The Morgan fingerprint density at radius 3 is 2.71 bits per heavy atom. The third kappa shape index (κ3) is 11.4. The van der Waals surface area contributed by atoms with Crippen LogP contribution in [0.1, 0.15) is 44.9 Å². The molecule has 0 amide bonds. The zero-order chi connectivity index (χ0) is 17.6. The number of ether oxygens (including phenoxy) is 1. The second-order valence-electron chi connectivity index (χ2n) is 6.22. The second kappa shape index (κ2) is 14.9. The Kier molecular flexibility index (Phi) is 14.2. The van der Waals surface area contributed by atoms with E-state index in [1.165, 1.54) is 12.8 Å². The van der Waals surface area contributed by atoms with E-state index in [0.29, 0.717) is 18.3 Å². The minimum atomic E-state index is -0.0401. The number of esters is 1. The van der Waals surface area contributed by atoms with Gasteiger partial charge in [0.1, 0.15) is 0 Å². The average Bonchev–Trinajstić information content (AvgIpc) is 2.57. The maximum atomic E-state index is 11.7. The van der Waals surface area contributed by atoms with Crippen molar-refractivity contribution < 1.29 is 35.8 Å². The van der Waals surface area contributed by atoms with Gasteiger partial charge in [0.15, 0.2) is 0 Å². The number of hydrogen-bond donors (Lipinski definition) is 3. The number of likely N-dealkylation sites (tertiary alicyclic amines) is 1. The molecule has 1 aliphatic rings. The number of rotatable bonds is 13. The van der Waals surface area contributed by atoms with Gasteiger partial charge in [-0.1, -0.05) is 0 Å². The second-order valence-corrected chi connectivity index (χ2v) is 11.1. The van der Waals surface area contributed by atoms with Crippen LogP contribution in [0.25, 0.3) is 0 Å². The quantitative estimate of drug-likeness (QED) is 0.105. The van der Waals surface area contributed by atoms with Crippen molar-refractivity contribution in [2.45, 2.75) is 54.1 Å². The van der Waals surface area contributed by atoms with Crippen LogP contribution in [-0.2, 0) is 9.53 Å². The molecule has 144 valence electrons. The molecular formula is C17H33INO3S2-. The maximum absolute atomic E-state index is 11.7. The van der Waals surface area contributed by atoms with E-state index in [-0.39, 0.29) is 33.8 Å². The van der Waals surface area contributed by atoms with E-state index in [1.54, 1.807) is 0 Å². The molecule has 0 spiro atoms. The van der Waals surface area contributed by atoms with Crippen molar-refractivity contribution in [3.8, 4) is 0 Å². The van der Waals surface area contributed by atoms with E-state index in [4.69, 9.17) is 9.84 Å². The molecule has 0 bridgehead atoms. The number of unbranched alkanes of at least 4 members (excludes halogenated alkanes) is 1. The van der Waals surface area contributed by atoms with Crippen LogP contribution < -0.4 is 21.2 Å². The molecule has 1 heterocycles. The Balaban J connectivity index is 1.93. The Morgan fingerprint density at radius 2 is 2.04 bits per heavy atom. The molecule has 1 saturated heterocycles. The van der Waals surface area contributed by atoms with Gasteiger partial charge in [-0.2, -0.15) is 0 Å². The molecule has 4 nitrogen and oxygen atoms in total. The fraction of sp³-hybridized carbons (Fsp3) is 0.941. The van der Waals surface area contributed by atoms with Gasteiger partial charge >= 0.3 is 169 Å². The molecule has 0 unspecified atom stereocenters. The summed E-state index contributed by atoms with van der Waals surface area (Å²) >= 11 is 8.83. The van der Waals surface area contributed by atoms with Crippen molar-refractivity contribution in [2.24, 2.45) is 0 Å². The van der Waals surface area contributed by atoms with Crippen molar-refractivity contribution in [3.05, 3.63) is 0 Å². The minimum absolute atomic E-state index is 0.0401. The molecule has 1 N–H and O–H groups in total. The summed E-state index contributed by atoms with van der Waals surface area (Å²) in [7, 11) is 0. The molecule has 24 heavy (non-hydrogen) atoms. The van der Waals surface area contributed by atoms with Gasteiger partial charge in [-0.05, 0) is 0 Å². The predicted molar refractivity (Wildman–Crippen MR) is 102 cm³/mol. The van der Waals surface area contributed by atoms with Crippen molar-refractivity contribution >= 4 is 31.2 Å². The fourth-order valence-corrected chi connectivity index (χ4v) is 6.41. The number of aliphatic hydroxyl groups excluding tert-OH is 1. The number of hydrogen-bond acceptors (Lipinski definition) is 6. The van der Waals surface area contributed by atoms with Crippen LogP contribution in [0.3, 0.4) is 0 Å². The van der Waals surface area contributed by atoms with Crippen LogP contribution in [0.2, 0.25) is 0 Å². The topological polar surface area (TPSA) is 49.8 Å². The molecule has 0 aliphatic carbocycles. The van der Waals surface area contributed by atoms with E-state index in [2.05, 4.69) is 30.2 Å². The van der Waals surface area contributed by atoms with Gasteiger partial charge in [0, 0.05) is 0 Å². The summed E-state index contributed by atoms with van der Waals surface area (Å²) in [5.41, 5.74) is 0. The van der Waals surface area contributed by atoms with Crippen LogP contribution in [0, 0.1) is 0 Å². The van der Waals surface area contributed by atoms with Gasteiger partial charge in [-0.15, -0.1) is 0 Å². The summed E-state index contributed by atoms with van der Waals surface area (Å²) in [6.07, 6.45) is 7.06. The molecule has 0 saturated carbocycles. The Labute approximate surface area is 168 Å². The third-order valence-corrected chi connectivity index (χ3v) is 8.56. The summed E-state index contributed by atoms with van der Waals surface area (Å²) in [6.45, 7) is 3.91. The number of β-amino-alcohol motifs (C(OH)–C–C–N with tert-alkyl or cyclic N) is 1. The molecule has 0 radical (unpaired) electrons. The summed E-state index contributed by atoms with van der Waals surface area (Å²) < 4.78 is 7.30. The van der Waals surface area contributed by atoms with E-state index < -0.39 is 0 Å². The molecule has 1 aliphatic heterocycles. The number of piperidine rings is 1. The molecule has 1 atom stereocenters. The monoisotopic (exact) mass is 490 g/mol. The first-order valence-electron chi connectivity index (χ1n) is 9.01. The molecule has 0 aromatic carbocycles. The van der Waals surface area contributed by atoms with E-state index in [1.807, 2.05) is 0 Å². The van der Waals surface area contributed by atoms with Crippen LogP contribution in [0.15, 0.2) is 0 Å². The van der Waals surface area contributed by atoms with Crippen molar-refractivity contribution in [1.29, 1.82) is 0 Å². The number of carbonyl (C=O) groups is 1. The van der Waals surface area contributed by atoms with Crippen LogP contribution >= 0.6 is 25.3 Å². The fourth-order valence-electron chi connectivity index (χ4n) is 2.79. The predicted octanol–water partition coefficient (Wildman–Crippen LogP) is -0.746.